The zero-order chi connectivity index (χ0) is 15.9. The molecule has 0 spiro atoms. The Hall–Kier alpha value is -2.00. The maximum atomic E-state index is 12.1. The summed E-state index contributed by atoms with van der Waals surface area (Å²) in [4.78, 5) is 12.1. The lowest BCUT2D eigenvalue weighted by Crippen LogP contribution is -2.28. The second-order valence-electron chi connectivity index (χ2n) is 5.09. The number of aryl methyl sites for hydroxylation is 1. The standard InChI is InChI=1S/C18H20ClNO2/c1-3-15-10-7-11-16(19)17(15)20-13(2)18(21)22-12-14-8-5-4-6-9-14/h4-11,13,20H,3,12H2,1-2H3/t13-/m0/s1. The molecule has 0 radical (unpaired) electrons. The van der Waals surface area contributed by atoms with E-state index in [1.807, 2.05) is 48.5 Å². The number of benzene rings is 2. The fourth-order valence-corrected chi connectivity index (χ4v) is 2.40. The number of esters is 1. The van der Waals surface area contributed by atoms with E-state index in [0.29, 0.717) is 5.02 Å². The lowest BCUT2D eigenvalue weighted by atomic mass is 10.1. The van der Waals surface area contributed by atoms with Gasteiger partial charge in [0.25, 0.3) is 0 Å². The van der Waals surface area contributed by atoms with Crippen LogP contribution in [-0.2, 0) is 22.6 Å². The predicted octanol–water partition coefficient (Wildman–Crippen LogP) is 4.45. The van der Waals surface area contributed by atoms with Gasteiger partial charge in [-0.3, -0.25) is 0 Å². The van der Waals surface area contributed by atoms with Crippen LogP contribution in [0.15, 0.2) is 48.5 Å². The molecule has 0 fully saturated rings. The van der Waals surface area contributed by atoms with Gasteiger partial charge in [0.05, 0.1) is 10.7 Å². The molecular weight excluding hydrogens is 298 g/mol. The van der Waals surface area contributed by atoms with Gasteiger partial charge in [0.1, 0.15) is 12.6 Å². The van der Waals surface area contributed by atoms with E-state index in [2.05, 4.69) is 12.2 Å². The molecule has 0 saturated heterocycles. The van der Waals surface area contributed by atoms with Crippen molar-refractivity contribution in [2.45, 2.75) is 32.9 Å². The van der Waals surface area contributed by atoms with Gasteiger partial charge in [0, 0.05) is 0 Å². The van der Waals surface area contributed by atoms with Crippen molar-refractivity contribution in [2.24, 2.45) is 0 Å². The molecule has 0 unspecified atom stereocenters. The summed E-state index contributed by atoms with van der Waals surface area (Å²) in [6.07, 6.45) is 0.842. The average molecular weight is 318 g/mol. The Balaban J connectivity index is 1.97. The molecule has 4 heteroatoms. The summed E-state index contributed by atoms with van der Waals surface area (Å²) >= 11 is 6.22. The first kappa shape index (κ1) is 16.4. The minimum atomic E-state index is -0.464. The number of nitrogens with one attached hydrogen (secondary N) is 1. The van der Waals surface area contributed by atoms with Gasteiger partial charge in [-0.2, -0.15) is 0 Å². The summed E-state index contributed by atoms with van der Waals surface area (Å²) in [5.74, 6) is -0.300. The van der Waals surface area contributed by atoms with Crippen molar-refractivity contribution in [3.05, 3.63) is 64.7 Å². The van der Waals surface area contributed by atoms with Gasteiger partial charge in [0.15, 0.2) is 0 Å². The molecular formula is C18H20ClNO2. The van der Waals surface area contributed by atoms with E-state index in [1.54, 1.807) is 6.92 Å². The molecule has 0 aliphatic rings. The quantitative estimate of drug-likeness (QED) is 0.800. The molecule has 0 saturated carbocycles. The molecule has 2 rings (SSSR count). The first-order valence-corrected chi connectivity index (χ1v) is 7.74. The normalized spacial score (nSPS) is 11.8. The van der Waals surface area contributed by atoms with Crippen molar-refractivity contribution in [1.82, 2.24) is 0 Å². The maximum absolute atomic E-state index is 12.1. The van der Waals surface area contributed by atoms with Crippen molar-refractivity contribution >= 4 is 23.3 Å². The van der Waals surface area contributed by atoms with E-state index >= 15 is 0 Å². The molecule has 0 aromatic heterocycles. The number of halogens is 1. The Labute approximate surface area is 136 Å². The van der Waals surface area contributed by atoms with Gasteiger partial charge in [-0.25, -0.2) is 4.79 Å². The van der Waals surface area contributed by atoms with Crippen molar-refractivity contribution in [1.29, 1.82) is 0 Å². The highest BCUT2D eigenvalue weighted by atomic mass is 35.5. The molecule has 1 atom stereocenters. The van der Waals surface area contributed by atoms with E-state index in [1.165, 1.54) is 0 Å². The smallest absolute Gasteiger partial charge is 0.328 e. The number of anilines is 1. The summed E-state index contributed by atoms with van der Waals surface area (Å²) < 4.78 is 5.33. The van der Waals surface area contributed by atoms with E-state index in [9.17, 15) is 4.79 Å². The van der Waals surface area contributed by atoms with Crippen LogP contribution in [0, 0.1) is 0 Å². The van der Waals surface area contributed by atoms with Gasteiger partial charge >= 0.3 is 5.97 Å². The second-order valence-corrected chi connectivity index (χ2v) is 5.49. The van der Waals surface area contributed by atoms with Crippen LogP contribution in [0.2, 0.25) is 5.02 Å². The number of ether oxygens (including phenoxy) is 1. The van der Waals surface area contributed by atoms with Crippen LogP contribution >= 0.6 is 11.6 Å². The van der Waals surface area contributed by atoms with Crippen LogP contribution in [0.4, 0.5) is 5.69 Å². The fourth-order valence-electron chi connectivity index (χ4n) is 2.15. The molecule has 2 aromatic rings. The van der Waals surface area contributed by atoms with Crippen molar-refractivity contribution in [3.8, 4) is 0 Å². The molecule has 0 amide bonds. The molecule has 0 aliphatic heterocycles. The third kappa shape index (κ3) is 4.25. The fraction of sp³-hybridized carbons (Fsp3) is 0.278. The van der Waals surface area contributed by atoms with Gasteiger partial charge in [-0.1, -0.05) is 61.0 Å². The Bertz CT molecular complexity index is 628. The first-order chi connectivity index (χ1) is 10.6. The lowest BCUT2D eigenvalue weighted by molar-refractivity contribution is -0.145. The topological polar surface area (TPSA) is 38.3 Å². The molecule has 22 heavy (non-hydrogen) atoms. The first-order valence-electron chi connectivity index (χ1n) is 7.36. The Morgan fingerprint density at radius 2 is 1.91 bits per heavy atom. The summed E-state index contributed by atoms with van der Waals surface area (Å²) in [5.41, 5.74) is 2.85. The average Bonchev–Trinajstić information content (AvgIpc) is 2.55. The van der Waals surface area contributed by atoms with Gasteiger partial charge in [-0.15, -0.1) is 0 Å². The monoisotopic (exact) mass is 317 g/mol. The number of carbonyl (C=O) groups is 1. The number of carbonyl (C=O) groups excluding carboxylic acids is 1. The molecule has 2 aromatic carbocycles. The van der Waals surface area contributed by atoms with Crippen LogP contribution in [-0.4, -0.2) is 12.0 Å². The minimum absolute atomic E-state index is 0.273. The highest BCUT2D eigenvalue weighted by molar-refractivity contribution is 6.33. The number of hydrogen-bond acceptors (Lipinski definition) is 3. The lowest BCUT2D eigenvalue weighted by Gasteiger charge is -2.18. The Morgan fingerprint density at radius 3 is 2.59 bits per heavy atom. The van der Waals surface area contributed by atoms with E-state index in [0.717, 1.165) is 23.2 Å². The van der Waals surface area contributed by atoms with Crippen molar-refractivity contribution in [2.75, 3.05) is 5.32 Å². The SMILES string of the molecule is CCc1cccc(Cl)c1N[C@@H](C)C(=O)OCc1ccccc1. The maximum Gasteiger partial charge on any atom is 0.328 e. The van der Waals surface area contributed by atoms with Crippen LogP contribution in [0.25, 0.3) is 0 Å². The second kappa shape index (κ2) is 7.85. The van der Waals surface area contributed by atoms with Gasteiger partial charge in [-0.05, 0) is 30.5 Å². The zero-order valence-corrected chi connectivity index (χ0v) is 13.6. The molecule has 0 heterocycles. The molecule has 1 N–H and O–H groups in total. The van der Waals surface area contributed by atoms with Crippen LogP contribution in [0.5, 0.6) is 0 Å². The van der Waals surface area contributed by atoms with Gasteiger partial charge in [0.2, 0.25) is 0 Å². The zero-order valence-electron chi connectivity index (χ0n) is 12.8. The summed E-state index contributed by atoms with van der Waals surface area (Å²) in [7, 11) is 0. The highest BCUT2D eigenvalue weighted by Gasteiger charge is 2.17. The third-order valence-corrected chi connectivity index (χ3v) is 3.73. The number of para-hydroxylation sites is 1. The van der Waals surface area contributed by atoms with Crippen LogP contribution in [0.1, 0.15) is 25.0 Å². The van der Waals surface area contributed by atoms with E-state index in [4.69, 9.17) is 16.3 Å². The highest BCUT2D eigenvalue weighted by Crippen LogP contribution is 2.27. The van der Waals surface area contributed by atoms with E-state index < -0.39 is 6.04 Å². The van der Waals surface area contributed by atoms with Gasteiger partial charge < -0.3 is 10.1 Å². The van der Waals surface area contributed by atoms with Crippen LogP contribution in [0.3, 0.4) is 0 Å². The van der Waals surface area contributed by atoms with Crippen LogP contribution < -0.4 is 5.32 Å². The van der Waals surface area contributed by atoms with Crippen molar-refractivity contribution in [3.63, 3.8) is 0 Å². The summed E-state index contributed by atoms with van der Waals surface area (Å²) in [6, 6.07) is 14.9. The molecule has 0 aliphatic carbocycles. The van der Waals surface area contributed by atoms with Crippen molar-refractivity contribution < 1.29 is 9.53 Å². The third-order valence-electron chi connectivity index (χ3n) is 3.42. The van der Waals surface area contributed by atoms with E-state index in [-0.39, 0.29) is 12.6 Å². The summed E-state index contributed by atoms with van der Waals surface area (Å²) in [6.45, 7) is 4.10. The molecule has 0 bridgehead atoms. The minimum Gasteiger partial charge on any atom is -0.459 e. The number of hydrogen-bond donors (Lipinski definition) is 1. The predicted molar refractivity (Wildman–Crippen MR) is 90.2 cm³/mol. The Morgan fingerprint density at radius 1 is 1.18 bits per heavy atom. The Kier molecular flexibility index (Phi) is 5.84. The molecule has 116 valence electrons. The largest absolute Gasteiger partial charge is 0.459 e. The molecule has 3 nitrogen and oxygen atoms in total. The number of rotatable bonds is 6. The summed E-state index contributed by atoms with van der Waals surface area (Å²) in [5, 5.41) is 3.77.